The molecule has 0 radical (unpaired) electrons. The normalized spacial score (nSPS) is 38.8. The van der Waals surface area contributed by atoms with Crippen LogP contribution in [0.5, 0.6) is 0 Å². The predicted octanol–water partition coefficient (Wildman–Crippen LogP) is 1.20. The molecule has 2 heterocycles. The second kappa shape index (κ2) is 3.80. The number of hydrogen-bond acceptors (Lipinski definition) is 3. The second-order valence-corrected chi connectivity index (χ2v) is 5.01. The average molecular weight is 198 g/mol. The van der Waals surface area contributed by atoms with Crippen LogP contribution in [0.1, 0.15) is 33.1 Å². The van der Waals surface area contributed by atoms with Crippen molar-refractivity contribution in [2.75, 3.05) is 20.1 Å². The quantitative estimate of drug-likeness (QED) is 0.633. The fourth-order valence-electron chi connectivity index (χ4n) is 2.72. The molecule has 2 aliphatic heterocycles. The molecule has 2 unspecified atom stereocenters. The minimum atomic E-state index is -0.0103. The Kier molecular flexibility index (Phi) is 2.82. The highest BCUT2D eigenvalue weighted by atomic mass is 16.5. The minimum Gasteiger partial charge on any atom is -0.358 e. The summed E-state index contributed by atoms with van der Waals surface area (Å²) in [5.41, 5.74) is -0.0103. The molecule has 0 aromatic carbocycles. The van der Waals surface area contributed by atoms with Gasteiger partial charge in [-0.05, 0) is 27.3 Å². The van der Waals surface area contributed by atoms with Crippen LogP contribution in [0.4, 0.5) is 0 Å². The third-order valence-corrected chi connectivity index (χ3v) is 3.42. The van der Waals surface area contributed by atoms with Crippen molar-refractivity contribution in [3.63, 3.8) is 0 Å². The van der Waals surface area contributed by atoms with E-state index in [0.717, 1.165) is 32.4 Å². The summed E-state index contributed by atoms with van der Waals surface area (Å²) in [5, 5.41) is 3.63. The van der Waals surface area contributed by atoms with Gasteiger partial charge in [-0.2, -0.15) is 0 Å². The van der Waals surface area contributed by atoms with Crippen LogP contribution >= 0.6 is 0 Å². The van der Waals surface area contributed by atoms with Crippen LogP contribution in [0.3, 0.4) is 0 Å². The highest BCUT2D eigenvalue weighted by Gasteiger charge is 2.40. The lowest BCUT2D eigenvalue weighted by molar-refractivity contribution is -0.169. The summed E-state index contributed by atoms with van der Waals surface area (Å²) in [4.78, 5) is 2.38. The van der Waals surface area contributed by atoms with Gasteiger partial charge in [-0.15, -0.1) is 0 Å². The van der Waals surface area contributed by atoms with Gasteiger partial charge in [0.25, 0.3) is 0 Å². The molecule has 14 heavy (non-hydrogen) atoms. The van der Waals surface area contributed by atoms with Gasteiger partial charge in [0, 0.05) is 32.0 Å². The van der Waals surface area contributed by atoms with E-state index in [1.165, 1.54) is 0 Å². The van der Waals surface area contributed by atoms with Crippen LogP contribution in [0.2, 0.25) is 0 Å². The van der Waals surface area contributed by atoms with Gasteiger partial charge in [0.1, 0.15) is 5.72 Å². The van der Waals surface area contributed by atoms with Crippen molar-refractivity contribution < 1.29 is 4.74 Å². The third-order valence-electron chi connectivity index (χ3n) is 3.42. The lowest BCUT2D eigenvalue weighted by Gasteiger charge is -2.48. The maximum absolute atomic E-state index is 6.10. The Morgan fingerprint density at radius 2 is 1.93 bits per heavy atom. The average Bonchev–Trinajstić information content (AvgIpc) is 2.09. The van der Waals surface area contributed by atoms with Crippen molar-refractivity contribution in [1.82, 2.24) is 10.2 Å². The van der Waals surface area contributed by atoms with Crippen LogP contribution in [-0.4, -0.2) is 42.9 Å². The van der Waals surface area contributed by atoms with Crippen LogP contribution in [0, 0.1) is 0 Å². The van der Waals surface area contributed by atoms with E-state index in [-0.39, 0.29) is 5.72 Å². The molecule has 0 bridgehead atoms. The van der Waals surface area contributed by atoms with Crippen molar-refractivity contribution in [1.29, 1.82) is 0 Å². The highest BCUT2D eigenvalue weighted by molar-refractivity contribution is 4.91. The zero-order valence-corrected chi connectivity index (χ0v) is 9.55. The number of rotatable bonds is 0. The van der Waals surface area contributed by atoms with Gasteiger partial charge in [0.2, 0.25) is 0 Å². The summed E-state index contributed by atoms with van der Waals surface area (Å²) < 4.78 is 6.10. The van der Waals surface area contributed by atoms with Crippen LogP contribution in [0.15, 0.2) is 0 Å². The Hall–Kier alpha value is -0.120. The minimum absolute atomic E-state index is 0.0103. The first-order valence-electron chi connectivity index (χ1n) is 5.74. The van der Waals surface area contributed by atoms with Gasteiger partial charge < -0.3 is 9.64 Å². The summed E-state index contributed by atoms with van der Waals surface area (Å²) in [5.74, 6) is 0. The number of nitrogens with zero attached hydrogens (tertiary/aromatic N) is 1. The van der Waals surface area contributed by atoms with Crippen molar-refractivity contribution in [2.24, 2.45) is 0 Å². The number of hydrogen-bond donors (Lipinski definition) is 1. The number of nitrogens with one attached hydrogen (secondary N) is 1. The molecule has 0 aromatic heterocycles. The van der Waals surface area contributed by atoms with E-state index in [4.69, 9.17) is 4.74 Å². The molecule has 0 saturated carbocycles. The Morgan fingerprint density at radius 3 is 2.50 bits per heavy atom. The highest BCUT2D eigenvalue weighted by Crippen LogP contribution is 2.30. The summed E-state index contributed by atoms with van der Waals surface area (Å²) in [7, 11) is 2.18. The molecule has 0 aromatic rings. The predicted molar refractivity (Wildman–Crippen MR) is 57.2 cm³/mol. The lowest BCUT2D eigenvalue weighted by atomic mass is 9.95. The topological polar surface area (TPSA) is 24.5 Å². The first kappa shape index (κ1) is 10.4. The maximum atomic E-state index is 6.10. The fourth-order valence-corrected chi connectivity index (χ4v) is 2.72. The maximum Gasteiger partial charge on any atom is 0.122 e. The van der Waals surface area contributed by atoms with Crippen molar-refractivity contribution in [3.05, 3.63) is 0 Å². The fraction of sp³-hybridized carbons (Fsp3) is 1.00. The molecule has 2 aliphatic rings. The van der Waals surface area contributed by atoms with E-state index in [0.29, 0.717) is 12.1 Å². The third kappa shape index (κ3) is 2.10. The first-order valence-corrected chi connectivity index (χ1v) is 5.74. The van der Waals surface area contributed by atoms with E-state index in [9.17, 15) is 0 Å². The SMILES string of the molecule is CC1CC(C)OC2(CCN(C)CC2)N1. The van der Waals surface area contributed by atoms with E-state index in [1.54, 1.807) is 0 Å². The standard InChI is InChI=1S/C11H22N2O/c1-9-8-10(2)14-11(12-9)4-6-13(3)7-5-11/h9-10,12H,4-8H2,1-3H3. The Labute approximate surface area is 86.8 Å². The molecular weight excluding hydrogens is 176 g/mol. The van der Waals surface area contributed by atoms with Crippen molar-refractivity contribution >= 4 is 0 Å². The van der Waals surface area contributed by atoms with Crippen LogP contribution < -0.4 is 5.32 Å². The summed E-state index contributed by atoms with van der Waals surface area (Å²) in [6, 6.07) is 0.599. The summed E-state index contributed by atoms with van der Waals surface area (Å²) in [6.45, 7) is 6.75. The molecule has 3 nitrogen and oxygen atoms in total. The Bertz CT molecular complexity index is 187. The lowest BCUT2D eigenvalue weighted by Crippen LogP contribution is -2.61. The van der Waals surface area contributed by atoms with Crippen LogP contribution in [-0.2, 0) is 4.74 Å². The summed E-state index contributed by atoms with van der Waals surface area (Å²) in [6.07, 6.45) is 3.79. The van der Waals surface area contributed by atoms with E-state index < -0.39 is 0 Å². The van der Waals surface area contributed by atoms with Crippen LogP contribution in [0.25, 0.3) is 0 Å². The summed E-state index contributed by atoms with van der Waals surface area (Å²) >= 11 is 0. The molecular formula is C11H22N2O. The molecule has 0 amide bonds. The van der Waals surface area contributed by atoms with Gasteiger partial charge in [-0.1, -0.05) is 0 Å². The molecule has 1 N–H and O–H groups in total. The van der Waals surface area contributed by atoms with Gasteiger partial charge >= 0.3 is 0 Å². The van der Waals surface area contributed by atoms with Gasteiger partial charge in [-0.25, -0.2) is 0 Å². The van der Waals surface area contributed by atoms with Gasteiger partial charge in [-0.3, -0.25) is 5.32 Å². The first-order chi connectivity index (χ1) is 6.60. The monoisotopic (exact) mass is 198 g/mol. The second-order valence-electron chi connectivity index (χ2n) is 5.01. The largest absolute Gasteiger partial charge is 0.358 e. The van der Waals surface area contributed by atoms with E-state index >= 15 is 0 Å². The molecule has 2 saturated heterocycles. The number of likely N-dealkylation sites (tertiary alicyclic amines) is 1. The molecule has 0 aliphatic carbocycles. The number of piperidine rings is 1. The number of ether oxygens (including phenoxy) is 1. The van der Waals surface area contributed by atoms with Crippen molar-refractivity contribution in [2.45, 2.75) is 51.0 Å². The molecule has 2 atom stereocenters. The smallest absolute Gasteiger partial charge is 0.122 e. The molecule has 1 spiro atoms. The Balaban J connectivity index is 2.00. The van der Waals surface area contributed by atoms with Crippen molar-refractivity contribution in [3.8, 4) is 0 Å². The van der Waals surface area contributed by atoms with E-state index in [1.807, 2.05) is 0 Å². The Morgan fingerprint density at radius 1 is 1.29 bits per heavy atom. The molecule has 3 heteroatoms. The van der Waals surface area contributed by atoms with E-state index in [2.05, 4.69) is 31.1 Å². The molecule has 82 valence electrons. The zero-order chi connectivity index (χ0) is 10.2. The zero-order valence-electron chi connectivity index (χ0n) is 9.55. The van der Waals surface area contributed by atoms with Gasteiger partial charge in [0.15, 0.2) is 0 Å². The van der Waals surface area contributed by atoms with Gasteiger partial charge in [0.05, 0.1) is 6.10 Å². The molecule has 2 rings (SSSR count). The molecule has 2 fully saturated rings.